The van der Waals surface area contributed by atoms with Crippen LogP contribution in [0.25, 0.3) is 99.0 Å². The molecule has 0 amide bonds. The normalized spacial score (nSPS) is 12.0. The molecule has 6 heteroatoms. The second-order valence-corrected chi connectivity index (χ2v) is 12.7. The Balaban J connectivity index is 1.21. The Morgan fingerprint density at radius 3 is 1.68 bits per heavy atom. The molecule has 7 aromatic carbocycles. The van der Waals surface area contributed by atoms with Crippen molar-refractivity contribution in [2.45, 2.75) is 0 Å². The Kier molecular flexibility index (Phi) is 5.57. The molecule has 4 heterocycles. The Hall–Kier alpha value is -6.92. The molecule has 0 N–H and O–H groups in total. The summed E-state index contributed by atoms with van der Waals surface area (Å²) >= 11 is 0. The zero-order valence-electron chi connectivity index (χ0n) is 26.7. The summed E-state index contributed by atoms with van der Waals surface area (Å²) in [6.07, 6.45) is 5.41. The third-order valence-corrected chi connectivity index (χ3v) is 10.1. The SMILES string of the molecule is c1ccc(-n2c3ccccc3c3ccc4c5ccccc5n(-c5cccc(-c6ncc7c8ccccc8c8cncnc8c7n6)c5)c4c32)cc1. The highest BCUT2D eigenvalue weighted by atomic mass is 15.0. The topological polar surface area (TPSA) is 61.4 Å². The molecule has 0 atom stereocenters. The number of para-hydroxylation sites is 3. The molecule has 4 aromatic heterocycles. The highest BCUT2D eigenvalue weighted by Gasteiger charge is 2.21. The molecule has 0 bridgehead atoms. The van der Waals surface area contributed by atoms with Crippen molar-refractivity contribution in [3.05, 3.63) is 158 Å². The molecule has 11 rings (SSSR count). The van der Waals surface area contributed by atoms with Gasteiger partial charge in [0.05, 0.1) is 22.1 Å². The van der Waals surface area contributed by atoms with E-state index < -0.39 is 0 Å². The van der Waals surface area contributed by atoms with Crippen LogP contribution < -0.4 is 0 Å². The van der Waals surface area contributed by atoms with Gasteiger partial charge in [-0.2, -0.15) is 0 Å². The van der Waals surface area contributed by atoms with Crippen LogP contribution in [0.4, 0.5) is 0 Å². The van der Waals surface area contributed by atoms with Crippen molar-refractivity contribution < 1.29 is 0 Å². The minimum atomic E-state index is 0.652. The zero-order chi connectivity index (χ0) is 32.8. The molecular formula is C44H26N6. The van der Waals surface area contributed by atoms with Crippen molar-refractivity contribution in [3.63, 3.8) is 0 Å². The van der Waals surface area contributed by atoms with Crippen LogP contribution in [0.15, 0.2) is 158 Å². The lowest BCUT2D eigenvalue weighted by atomic mass is 10.0. The lowest BCUT2D eigenvalue weighted by Crippen LogP contribution is -1.99. The first-order valence-corrected chi connectivity index (χ1v) is 16.7. The molecule has 0 aliphatic rings. The van der Waals surface area contributed by atoms with Gasteiger partial charge in [0.15, 0.2) is 5.82 Å². The van der Waals surface area contributed by atoms with Crippen molar-refractivity contribution in [2.75, 3.05) is 0 Å². The largest absolute Gasteiger partial charge is 0.307 e. The Morgan fingerprint density at radius 1 is 0.400 bits per heavy atom. The maximum absolute atomic E-state index is 5.19. The van der Waals surface area contributed by atoms with Crippen molar-refractivity contribution >= 4 is 76.2 Å². The molecule has 0 fully saturated rings. The summed E-state index contributed by atoms with van der Waals surface area (Å²) in [5, 5.41) is 9.01. The molecule has 0 spiro atoms. The van der Waals surface area contributed by atoms with Crippen LogP contribution in [0.2, 0.25) is 0 Å². The van der Waals surface area contributed by atoms with Crippen molar-refractivity contribution in [3.8, 4) is 22.8 Å². The number of fused-ring (bicyclic) bond motifs is 13. The third-order valence-electron chi connectivity index (χ3n) is 10.1. The van der Waals surface area contributed by atoms with Crippen LogP contribution in [0.3, 0.4) is 0 Å². The number of benzene rings is 7. The lowest BCUT2D eigenvalue weighted by Gasteiger charge is -2.13. The first-order chi connectivity index (χ1) is 24.8. The summed E-state index contributed by atoms with van der Waals surface area (Å²) in [4.78, 5) is 19.2. The molecule has 0 saturated heterocycles. The summed E-state index contributed by atoms with van der Waals surface area (Å²) in [5.41, 5.74) is 9.41. The predicted octanol–water partition coefficient (Wildman–Crippen LogP) is 10.6. The van der Waals surface area contributed by atoms with Crippen LogP contribution in [0.1, 0.15) is 0 Å². The van der Waals surface area contributed by atoms with Crippen molar-refractivity contribution in [1.82, 2.24) is 29.1 Å². The molecule has 6 nitrogen and oxygen atoms in total. The minimum absolute atomic E-state index is 0.652. The lowest BCUT2D eigenvalue weighted by molar-refractivity contribution is 1.15. The number of hydrogen-bond donors (Lipinski definition) is 0. The van der Waals surface area contributed by atoms with Crippen LogP contribution in [-0.4, -0.2) is 29.1 Å². The summed E-state index contributed by atoms with van der Waals surface area (Å²) < 4.78 is 4.82. The van der Waals surface area contributed by atoms with E-state index in [1.807, 2.05) is 18.5 Å². The molecule has 0 aliphatic heterocycles. The quantitative estimate of drug-likeness (QED) is 0.181. The Bertz CT molecular complexity index is 3120. The van der Waals surface area contributed by atoms with E-state index in [1.54, 1.807) is 6.33 Å². The van der Waals surface area contributed by atoms with Crippen molar-refractivity contribution in [2.24, 2.45) is 0 Å². The van der Waals surface area contributed by atoms with Crippen LogP contribution in [0, 0.1) is 0 Å². The molecule has 0 saturated carbocycles. The highest BCUT2D eigenvalue weighted by Crippen LogP contribution is 2.42. The summed E-state index contributed by atoms with van der Waals surface area (Å²) in [6.45, 7) is 0. The van der Waals surface area contributed by atoms with Gasteiger partial charge in [0, 0.05) is 61.6 Å². The first kappa shape index (κ1) is 27.1. The smallest absolute Gasteiger partial charge is 0.159 e. The van der Waals surface area contributed by atoms with Crippen LogP contribution >= 0.6 is 0 Å². The van der Waals surface area contributed by atoms with Gasteiger partial charge < -0.3 is 9.13 Å². The van der Waals surface area contributed by atoms with Gasteiger partial charge in [0.2, 0.25) is 0 Å². The van der Waals surface area contributed by atoms with Gasteiger partial charge in [0.25, 0.3) is 0 Å². The molecular weight excluding hydrogens is 613 g/mol. The van der Waals surface area contributed by atoms with E-state index >= 15 is 0 Å². The van der Waals surface area contributed by atoms with Gasteiger partial charge in [-0.3, -0.25) is 0 Å². The standard InChI is InChI=1S/C44H26N6/c1-2-12-28(13-3-1)49-38-19-8-6-17-32(38)34-21-22-35-33-18-7-9-20-39(33)50(43(35)42(34)49)29-14-10-11-27(23-29)44-46-25-37-31-16-5-4-15-30(31)36-24-45-26-47-40(36)41(37)48-44/h1-26H. The number of hydrogen-bond acceptors (Lipinski definition) is 4. The Labute approximate surface area is 285 Å². The minimum Gasteiger partial charge on any atom is -0.307 e. The summed E-state index contributed by atoms with van der Waals surface area (Å²) in [6, 6.07) is 49.5. The Morgan fingerprint density at radius 2 is 0.980 bits per heavy atom. The van der Waals surface area contributed by atoms with Gasteiger partial charge >= 0.3 is 0 Å². The van der Waals surface area contributed by atoms with Crippen LogP contribution in [-0.2, 0) is 0 Å². The maximum atomic E-state index is 5.19. The van der Waals surface area contributed by atoms with Gasteiger partial charge in [0.1, 0.15) is 17.4 Å². The molecule has 11 aromatic rings. The van der Waals surface area contributed by atoms with Crippen LogP contribution in [0.5, 0.6) is 0 Å². The third kappa shape index (κ3) is 3.73. The number of aromatic nitrogens is 6. The average Bonchev–Trinajstić information content (AvgIpc) is 3.71. The maximum Gasteiger partial charge on any atom is 0.159 e. The van der Waals surface area contributed by atoms with Gasteiger partial charge in [-0.1, -0.05) is 103 Å². The monoisotopic (exact) mass is 638 g/mol. The predicted molar refractivity (Wildman–Crippen MR) is 204 cm³/mol. The van der Waals surface area contributed by atoms with Gasteiger partial charge in [-0.15, -0.1) is 0 Å². The molecule has 50 heavy (non-hydrogen) atoms. The average molecular weight is 639 g/mol. The van der Waals surface area contributed by atoms with E-state index in [0.717, 1.165) is 60.5 Å². The number of nitrogens with zero attached hydrogens (tertiary/aromatic N) is 6. The van der Waals surface area contributed by atoms with E-state index in [-0.39, 0.29) is 0 Å². The van der Waals surface area contributed by atoms with Gasteiger partial charge in [-0.25, -0.2) is 19.9 Å². The van der Waals surface area contributed by atoms with E-state index in [1.165, 1.54) is 32.6 Å². The molecule has 0 radical (unpaired) electrons. The number of rotatable bonds is 3. The second kappa shape index (κ2) is 10.3. The van der Waals surface area contributed by atoms with E-state index in [2.05, 4.69) is 148 Å². The molecule has 0 aliphatic carbocycles. The fourth-order valence-corrected chi connectivity index (χ4v) is 7.97. The zero-order valence-corrected chi connectivity index (χ0v) is 26.7. The second-order valence-electron chi connectivity index (χ2n) is 12.7. The first-order valence-electron chi connectivity index (χ1n) is 16.7. The molecule has 0 unspecified atom stereocenters. The fraction of sp³-hybridized carbons (Fsp3) is 0. The van der Waals surface area contributed by atoms with E-state index in [9.17, 15) is 0 Å². The van der Waals surface area contributed by atoms with Crippen molar-refractivity contribution in [1.29, 1.82) is 0 Å². The van der Waals surface area contributed by atoms with E-state index in [0.29, 0.717) is 5.82 Å². The van der Waals surface area contributed by atoms with E-state index in [4.69, 9.17) is 15.0 Å². The fourth-order valence-electron chi connectivity index (χ4n) is 7.97. The summed E-state index contributed by atoms with van der Waals surface area (Å²) in [5.74, 6) is 0.652. The summed E-state index contributed by atoms with van der Waals surface area (Å²) in [7, 11) is 0. The van der Waals surface area contributed by atoms with Gasteiger partial charge in [-0.05, 0) is 47.2 Å². The highest BCUT2D eigenvalue weighted by molar-refractivity contribution is 6.24. The molecule has 232 valence electrons.